The molecular weight excluding hydrogens is 238 g/mol. The molecule has 2 saturated heterocycles. The first-order valence-electron chi connectivity index (χ1n) is 7.84. The second-order valence-corrected chi connectivity index (χ2v) is 6.29. The molecule has 19 heavy (non-hydrogen) atoms. The Morgan fingerprint density at radius 1 is 1.32 bits per heavy atom. The van der Waals surface area contributed by atoms with Gasteiger partial charge >= 0.3 is 0 Å². The van der Waals surface area contributed by atoms with E-state index in [9.17, 15) is 4.79 Å². The second kappa shape index (κ2) is 6.71. The smallest absolute Gasteiger partial charge is 0.224 e. The van der Waals surface area contributed by atoms with Gasteiger partial charge in [-0.25, -0.2) is 0 Å². The van der Waals surface area contributed by atoms with Gasteiger partial charge in [0.2, 0.25) is 5.91 Å². The fraction of sp³-hybridized carbons (Fsp3) is 0.933. The zero-order valence-electron chi connectivity index (χ0n) is 12.6. The van der Waals surface area contributed by atoms with Crippen molar-refractivity contribution in [3.8, 4) is 0 Å². The average Bonchev–Trinajstić information content (AvgIpc) is 2.37. The van der Waals surface area contributed by atoms with E-state index < -0.39 is 0 Å². The maximum atomic E-state index is 12.2. The number of rotatable bonds is 5. The predicted octanol–water partition coefficient (Wildman–Crippen LogP) is 1.36. The van der Waals surface area contributed by atoms with Crippen LogP contribution in [-0.4, -0.2) is 49.1 Å². The largest absolute Gasteiger partial charge is 0.353 e. The molecule has 0 aromatic rings. The van der Waals surface area contributed by atoms with Crippen LogP contribution in [0.1, 0.15) is 46.0 Å². The van der Waals surface area contributed by atoms with Crippen LogP contribution in [0.2, 0.25) is 0 Å². The molecule has 2 N–H and O–H groups in total. The van der Waals surface area contributed by atoms with Crippen molar-refractivity contribution in [2.45, 2.75) is 64.1 Å². The summed E-state index contributed by atoms with van der Waals surface area (Å²) in [5, 5.41) is 6.52. The number of carbonyl (C=O) groups is 1. The van der Waals surface area contributed by atoms with E-state index in [4.69, 9.17) is 0 Å². The molecule has 2 aliphatic rings. The van der Waals surface area contributed by atoms with Crippen LogP contribution in [0.5, 0.6) is 0 Å². The molecule has 2 bridgehead atoms. The number of hydrogen-bond acceptors (Lipinski definition) is 3. The van der Waals surface area contributed by atoms with Gasteiger partial charge in [-0.3, -0.25) is 4.79 Å². The van der Waals surface area contributed by atoms with Crippen molar-refractivity contribution < 1.29 is 4.79 Å². The van der Waals surface area contributed by atoms with E-state index in [2.05, 4.69) is 29.5 Å². The van der Waals surface area contributed by atoms with E-state index in [1.807, 2.05) is 6.92 Å². The van der Waals surface area contributed by atoms with Gasteiger partial charge in [0.15, 0.2) is 0 Å². The van der Waals surface area contributed by atoms with Crippen molar-refractivity contribution in [2.24, 2.45) is 5.92 Å². The van der Waals surface area contributed by atoms with Crippen molar-refractivity contribution in [2.75, 3.05) is 20.1 Å². The van der Waals surface area contributed by atoms with Crippen molar-refractivity contribution in [1.82, 2.24) is 15.5 Å². The molecule has 2 heterocycles. The molecule has 3 atom stereocenters. The van der Waals surface area contributed by atoms with Gasteiger partial charge in [0.1, 0.15) is 0 Å². The fourth-order valence-corrected chi connectivity index (χ4v) is 3.53. The van der Waals surface area contributed by atoms with Crippen LogP contribution in [0.15, 0.2) is 0 Å². The Kier molecular flexibility index (Phi) is 5.22. The number of piperidine rings is 2. The van der Waals surface area contributed by atoms with Gasteiger partial charge in [-0.2, -0.15) is 0 Å². The molecule has 0 aromatic heterocycles. The van der Waals surface area contributed by atoms with Crippen LogP contribution in [0.3, 0.4) is 0 Å². The number of amides is 1. The Morgan fingerprint density at radius 2 is 1.95 bits per heavy atom. The number of carbonyl (C=O) groups excluding carboxylic acids is 1. The monoisotopic (exact) mass is 267 g/mol. The van der Waals surface area contributed by atoms with E-state index in [1.54, 1.807) is 0 Å². The van der Waals surface area contributed by atoms with E-state index >= 15 is 0 Å². The first-order chi connectivity index (χ1) is 9.11. The van der Waals surface area contributed by atoms with Crippen LogP contribution in [0.25, 0.3) is 0 Å². The maximum Gasteiger partial charge on any atom is 0.224 e. The third-order valence-corrected chi connectivity index (χ3v) is 4.83. The van der Waals surface area contributed by atoms with Gasteiger partial charge in [0.05, 0.1) is 0 Å². The van der Waals surface area contributed by atoms with Gasteiger partial charge in [-0.05, 0) is 39.3 Å². The molecule has 1 amide bonds. The third-order valence-electron chi connectivity index (χ3n) is 4.83. The van der Waals surface area contributed by atoms with Gasteiger partial charge in [0, 0.05) is 30.6 Å². The maximum absolute atomic E-state index is 12.2. The zero-order valence-corrected chi connectivity index (χ0v) is 12.6. The summed E-state index contributed by atoms with van der Waals surface area (Å²) in [4.78, 5) is 14.7. The lowest BCUT2D eigenvalue weighted by Gasteiger charge is -2.47. The van der Waals surface area contributed by atoms with Crippen molar-refractivity contribution >= 4 is 5.91 Å². The summed E-state index contributed by atoms with van der Waals surface area (Å²) in [7, 11) is 2.25. The van der Waals surface area contributed by atoms with Gasteiger partial charge in [-0.1, -0.05) is 20.3 Å². The lowest BCUT2D eigenvalue weighted by Crippen LogP contribution is -2.56. The Morgan fingerprint density at radius 3 is 2.53 bits per heavy atom. The molecule has 2 fully saturated rings. The van der Waals surface area contributed by atoms with E-state index in [-0.39, 0.29) is 11.8 Å². The van der Waals surface area contributed by atoms with E-state index in [1.165, 1.54) is 19.3 Å². The standard InChI is InChI=1S/C15H29N3O/c1-4-16-10-11(2)15(19)17-12-8-13-6-5-7-14(9-12)18(13)3/h11-14,16H,4-10H2,1-3H3,(H,17,19). The Labute approximate surface area is 117 Å². The molecule has 110 valence electrons. The highest BCUT2D eigenvalue weighted by molar-refractivity contribution is 5.78. The highest BCUT2D eigenvalue weighted by Gasteiger charge is 2.36. The topological polar surface area (TPSA) is 44.4 Å². The molecule has 0 aliphatic carbocycles. The van der Waals surface area contributed by atoms with Crippen LogP contribution < -0.4 is 10.6 Å². The van der Waals surface area contributed by atoms with Gasteiger partial charge < -0.3 is 15.5 Å². The minimum Gasteiger partial charge on any atom is -0.353 e. The van der Waals surface area contributed by atoms with Crippen molar-refractivity contribution in [3.05, 3.63) is 0 Å². The van der Waals surface area contributed by atoms with Crippen LogP contribution in [-0.2, 0) is 4.79 Å². The lowest BCUT2D eigenvalue weighted by atomic mass is 9.82. The van der Waals surface area contributed by atoms with E-state index in [0.717, 1.165) is 25.9 Å². The molecular formula is C15H29N3O. The summed E-state index contributed by atoms with van der Waals surface area (Å²) >= 11 is 0. The quantitative estimate of drug-likeness (QED) is 0.790. The highest BCUT2D eigenvalue weighted by Crippen LogP contribution is 2.32. The molecule has 3 unspecified atom stereocenters. The molecule has 4 heteroatoms. The number of hydrogen-bond donors (Lipinski definition) is 2. The fourth-order valence-electron chi connectivity index (χ4n) is 3.53. The normalized spacial score (nSPS) is 32.9. The summed E-state index contributed by atoms with van der Waals surface area (Å²) in [5.74, 6) is 0.285. The average molecular weight is 267 g/mol. The minimum absolute atomic E-state index is 0.0689. The first kappa shape index (κ1) is 14.8. The Balaban J connectivity index is 1.81. The third kappa shape index (κ3) is 3.69. The van der Waals surface area contributed by atoms with Crippen LogP contribution in [0, 0.1) is 5.92 Å². The van der Waals surface area contributed by atoms with Crippen molar-refractivity contribution in [3.63, 3.8) is 0 Å². The Bertz CT molecular complexity index is 294. The summed E-state index contributed by atoms with van der Waals surface area (Å²) in [6, 6.07) is 1.76. The Hall–Kier alpha value is -0.610. The molecule has 2 rings (SSSR count). The van der Waals surface area contributed by atoms with Crippen LogP contribution >= 0.6 is 0 Å². The second-order valence-electron chi connectivity index (χ2n) is 6.29. The lowest BCUT2D eigenvalue weighted by molar-refractivity contribution is -0.125. The summed E-state index contributed by atoms with van der Waals surface area (Å²) < 4.78 is 0. The zero-order chi connectivity index (χ0) is 13.8. The van der Waals surface area contributed by atoms with Gasteiger partial charge in [-0.15, -0.1) is 0 Å². The summed E-state index contributed by atoms with van der Waals surface area (Å²) in [5.41, 5.74) is 0. The highest BCUT2D eigenvalue weighted by atomic mass is 16.1. The minimum atomic E-state index is 0.0689. The SMILES string of the molecule is CCNCC(C)C(=O)NC1CC2CCCC(C1)N2C. The van der Waals surface area contributed by atoms with Gasteiger partial charge in [0.25, 0.3) is 0 Å². The molecule has 0 spiro atoms. The molecule has 0 radical (unpaired) electrons. The summed E-state index contributed by atoms with van der Waals surface area (Å²) in [6.45, 7) is 5.79. The summed E-state index contributed by atoms with van der Waals surface area (Å²) in [6.07, 6.45) is 6.22. The predicted molar refractivity (Wildman–Crippen MR) is 78.1 cm³/mol. The number of fused-ring (bicyclic) bond motifs is 2. The molecule has 4 nitrogen and oxygen atoms in total. The molecule has 2 aliphatic heterocycles. The number of nitrogens with one attached hydrogen (secondary N) is 2. The van der Waals surface area contributed by atoms with Crippen molar-refractivity contribution in [1.29, 1.82) is 0 Å². The van der Waals surface area contributed by atoms with Crippen LogP contribution in [0.4, 0.5) is 0 Å². The first-order valence-corrected chi connectivity index (χ1v) is 7.84. The number of nitrogens with zero attached hydrogens (tertiary/aromatic N) is 1. The molecule has 0 aromatic carbocycles. The van der Waals surface area contributed by atoms with E-state index in [0.29, 0.717) is 18.1 Å². The molecule has 0 saturated carbocycles.